The number of ketones is 1. The zero-order chi connectivity index (χ0) is 22.0. The number of ether oxygens (including phenoxy) is 1. The minimum Gasteiger partial charge on any atom is -0.507 e. The zero-order valence-electron chi connectivity index (χ0n) is 18.1. The molecule has 6 nitrogen and oxygen atoms in total. The molecular formula is C24H28N2O4. The van der Waals surface area contributed by atoms with Crippen molar-refractivity contribution in [3.63, 3.8) is 0 Å². The average molecular weight is 408 g/mol. The molecule has 2 aromatic rings. The van der Waals surface area contributed by atoms with Gasteiger partial charge in [-0.1, -0.05) is 24.3 Å². The van der Waals surface area contributed by atoms with Gasteiger partial charge >= 0.3 is 0 Å². The maximum absolute atomic E-state index is 13.0. The minimum atomic E-state index is -0.662. The Bertz CT molecular complexity index is 993. The molecule has 1 saturated heterocycles. The fraction of sp³-hybridized carbons (Fsp3) is 0.333. The molecule has 0 aliphatic carbocycles. The number of aryl methyl sites for hydroxylation is 2. The van der Waals surface area contributed by atoms with Crippen LogP contribution in [-0.4, -0.2) is 60.9 Å². The van der Waals surface area contributed by atoms with Crippen molar-refractivity contribution in [3.05, 3.63) is 70.3 Å². The molecule has 1 aliphatic rings. The van der Waals surface area contributed by atoms with Crippen molar-refractivity contribution in [2.75, 3.05) is 34.3 Å². The largest absolute Gasteiger partial charge is 0.507 e. The van der Waals surface area contributed by atoms with E-state index in [1.807, 2.05) is 57.1 Å². The second-order valence-electron chi connectivity index (χ2n) is 7.87. The van der Waals surface area contributed by atoms with Crippen LogP contribution in [0, 0.1) is 13.8 Å². The summed E-state index contributed by atoms with van der Waals surface area (Å²) in [6, 6.07) is 12.1. The Labute approximate surface area is 177 Å². The molecule has 0 spiro atoms. The number of hydrogen-bond acceptors (Lipinski definition) is 5. The highest BCUT2D eigenvalue weighted by molar-refractivity contribution is 6.46. The molecule has 1 aliphatic heterocycles. The van der Waals surface area contributed by atoms with E-state index in [1.165, 1.54) is 4.90 Å². The second-order valence-corrected chi connectivity index (χ2v) is 7.87. The number of hydrogen-bond donors (Lipinski definition) is 1. The molecule has 1 amide bonds. The van der Waals surface area contributed by atoms with E-state index in [-0.39, 0.29) is 11.3 Å². The third-order valence-corrected chi connectivity index (χ3v) is 5.54. The molecule has 1 fully saturated rings. The van der Waals surface area contributed by atoms with Crippen molar-refractivity contribution in [3.8, 4) is 5.75 Å². The summed E-state index contributed by atoms with van der Waals surface area (Å²) in [5, 5.41) is 11.1. The van der Waals surface area contributed by atoms with Gasteiger partial charge < -0.3 is 19.6 Å². The number of carbonyl (C=O) groups excluding carboxylic acids is 2. The molecule has 1 atom stereocenters. The van der Waals surface area contributed by atoms with Gasteiger partial charge in [-0.3, -0.25) is 9.59 Å². The number of nitrogens with zero attached hydrogens (tertiary/aromatic N) is 2. The van der Waals surface area contributed by atoms with Gasteiger partial charge in [-0.25, -0.2) is 0 Å². The fourth-order valence-electron chi connectivity index (χ4n) is 3.60. The predicted octanol–water partition coefficient (Wildman–Crippen LogP) is 3.30. The molecule has 6 heteroatoms. The summed E-state index contributed by atoms with van der Waals surface area (Å²) in [5.74, 6) is -0.726. The number of likely N-dealkylation sites (N-methyl/N-ethyl adjacent to an activating group) is 1. The molecule has 0 saturated carbocycles. The highest BCUT2D eigenvalue weighted by Crippen LogP contribution is 2.39. The summed E-state index contributed by atoms with van der Waals surface area (Å²) in [7, 11) is 5.40. The molecule has 1 unspecified atom stereocenters. The summed E-state index contributed by atoms with van der Waals surface area (Å²) < 4.78 is 5.23. The van der Waals surface area contributed by atoms with E-state index in [9.17, 15) is 14.7 Å². The van der Waals surface area contributed by atoms with Crippen LogP contribution >= 0.6 is 0 Å². The standard InChI is InChI=1S/C24H28N2O4/c1-15-6-7-18(14-16(15)2)22(27)20-21(17-8-10-19(30-5)11-9-17)26(13-12-25(3)4)24(29)23(20)28/h6-11,14,21,27H,12-13H2,1-5H3/b22-20-. The smallest absolute Gasteiger partial charge is 0.295 e. The van der Waals surface area contributed by atoms with Crippen LogP contribution < -0.4 is 4.74 Å². The van der Waals surface area contributed by atoms with E-state index in [0.717, 1.165) is 16.7 Å². The lowest BCUT2D eigenvalue weighted by atomic mass is 9.94. The minimum absolute atomic E-state index is 0.118. The van der Waals surface area contributed by atoms with E-state index in [4.69, 9.17) is 4.74 Å². The van der Waals surface area contributed by atoms with Gasteiger partial charge in [0.15, 0.2) is 0 Å². The highest BCUT2D eigenvalue weighted by Gasteiger charge is 2.45. The van der Waals surface area contributed by atoms with Crippen LogP contribution in [0.5, 0.6) is 5.75 Å². The van der Waals surface area contributed by atoms with Gasteiger partial charge in [0.1, 0.15) is 11.5 Å². The summed E-state index contributed by atoms with van der Waals surface area (Å²) in [4.78, 5) is 29.4. The lowest BCUT2D eigenvalue weighted by Crippen LogP contribution is -2.35. The predicted molar refractivity (Wildman–Crippen MR) is 116 cm³/mol. The maximum Gasteiger partial charge on any atom is 0.295 e. The molecule has 3 rings (SSSR count). The Morgan fingerprint density at radius 3 is 2.30 bits per heavy atom. The highest BCUT2D eigenvalue weighted by atomic mass is 16.5. The van der Waals surface area contributed by atoms with E-state index in [1.54, 1.807) is 25.3 Å². The van der Waals surface area contributed by atoms with E-state index >= 15 is 0 Å². The summed E-state index contributed by atoms with van der Waals surface area (Å²) in [6.07, 6.45) is 0. The lowest BCUT2D eigenvalue weighted by molar-refractivity contribution is -0.140. The Kier molecular flexibility index (Phi) is 6.27. The second kappa shape index (κ2) is 8.71. The SMILES string of the molecule is COc1ccc(C2/C(=C(/O)c3ccc(C)c(C)c3)C(=O)C(=O)N2CCN(C)C)cc1. The van der Waals surface area contributed by atoms with Crippen LogP contribution in [0.1, 0.15) is 28.3 Å². The Morgan fingerprint density at radius 2 is 1.73 bits per heavy atom. The number of methoxy groups -OCH3 is 1. The van der Waals surface area contributed by atoms with Crippen LogP contribution in [0.3, 0.4) is 0 Å². The Morgan fingerprint density at radius 1 is 1.07 bits per heavy atom. The number of benzene rings is 2. The first-order chi connectivity index (χ1) is 14.2. The van der Waals surface area contributed by atoms with Crippen LogP contribution in [0.25, 0.3) is 5.76 Å². The molecule has 158 valence electrons. The maximum atomic E-state index is 13.0. The molecule has 1 heterocycles. The van der Waals surface area contributed by atoms with Crippen molar-refractivity contribution >= 4 is 17.4 Å². The van der Waals surface area contributed by atoms with Crippen LogP contribution in [0.2, 0.25) is 0 Å². The Balaban J connectivity index is 2.14. The molecular weight excluding hydrogens is 380 g/mol. The van der Waals surface area contributed by atoms with Crippen molar-refractivity contribution in [1.82, 2.24) is 9.80 Å². The summed E-state index contributed by atoms with van der Waals surface area (Å²) in [5.41, 5.74) is 3.49. The first-order valence-corrected chi connectivity index (χ1v) is 9.89. The lowest BCUT2D eigenvalue weighted by Gasteiger charge is -2.26. The van der Waals surface area contributed by atoms with Gasteiger partial charge in [0, 0.05) is 18.7 Å². The van der Waals surface area contributed by atoms with E-state index in [2.05, 4.69) is 0 Å². The number of aliphatic hydroxyl groups excluding tert-OH is 1. The average Bonchev–Trinajstić information content (AvgIpc) is 2.98. The van der Waals surface area contributed by atoms with Gasteiger partial charge in [0.2, 0.25) is 0 Å². The third-order valence-electron chi connectivity index (χ3n) is 5.54. The zero-order valence-corrected chi connectivity index (χ0v) is 18.1. The van der Waals surface area contributed by atoms with E-state index < -0.39 is 17.7 Å². The molecule has 2 aromatic carbocycles. The third kappa shape index (κ3) is 4.09. The number of carbonyl (C=O) groups is 2. The van der Waals surface area contributed by atoms with Crippen LogP contribution in [0.15, 0.2) is 48.0 Å². The number of likely N-dealkylation sites (tertiary alicyclic amines) is 1. The molecule has 1 N–H and O–H groups in total. The topological polar surface area (TPSA) is 70.1 Å². The van der Waals surface area contributed by atoms with Crippen molar-refractivity contribution in [2.24, 2.45) is 0 Å². The van der Waals surface area contributed by atoms with Gasteiger partial charge in [0.25, 0.3) is 11.7 Å². The Hall–Kier alpha value is -3.12. The van der Waals surface area contributed by atoms with Gasteiger partial charge in [-0.2, -0.15) is 0 Å². The quantitative estimate of drug-likeness (QED) is 0.451. The van der Waals surface area contributed by atoms with Gasteiger partial charge in [-0.15, -0.1) is 0 Å². The summed E-state index contributed by atoms with van der Waals surface area (Å²) in [6.45, 7) is 4.90. The fourth-order valence-corrected chi connectivity index (χ4v) is 3.60. The van der Waals surface area contributed by atoms with Gasteiger partial charge in [0.05, 0.1) is 18.7 Å². The van der Waals surface area contributed by atoms with Gasteiger partial charge in [-0.05, 0) is 62.8 Å². The number of aliphatic hydroxyl groups is 1. The van der Waals surface area contributed by atoms with Crippen molar-refractivity contribution in [1.29, 1.82) is 0 Å². The molecule has 0 aromatic heterocycles. The van der Waals surface area contributed by atoms with Crippen LogP contribution in [0.4, 0.5) is 0 Å². The monoisotopic (exact) mass is 408 g/mol. The number of Topliss-reactive ketones (excluding diaryl/α,β-unsaturated/α-hetero) is 1. The first-order valence-electron chi connectivity index (χ1n) is 9.89. The van der Waals surface area contributed by atoms with Crippen LogP contribution in [-0.2, 0) is 9.59 Å². The first kappa shape index (κ1) is 21.6. The van der Waals surface area contributed by atoms with Crippen molar-refractivity contribution < 1.29 is 19.4 Å². The number of rotatable bonds is 6. The molecule has 0 radical (unpaired) electrons. The molecule has 0 bridgehead atoms. The number of amides is 1. The normalized spacial score (nSPS) is 18.3. The van der Waals surface area contributed by atoms with Crippen molar-refractivity contribution in [2.45, 2.75) is 19.9 Å². The molecule has 30 heavy (non-hydrogen) atoms. The van der Waals surface area contributed by atoms with E-state index in [0.29, 0.717) is 24.4 Å². The summed E-state index contributed by atoms with van der Waals surface area (Å²) >= 11 is 0.